The number of nitrogens with zero attached hydrogens (tertiary/aromatic N) is 1. The molecule has 4 heteroatoms. The highest BCUT2D eigenvalue weighted by Gasteiger charge is 2.21. The lowest BCUT2D eigenvalue weighted by Crippen LogP contribution is -2.46. The van der Waals surface area contributed by atoms with Crippen LogP contribution in [-0.2, 0) is 11.2 Å². The Hall–Kier alpha value is -1.39. The van der Waals surface area contributed by atoms with Crippen LogP contribution in [0.25, 0.3) is 0 Å². The summed E-state index contributed by atoms with van der Waals surface area (Å²) in [6, 6.07) is 11.0. The van der Waals surface area contributed by atoms with Gasteiger partial charge < -0.3 is 11.1 Å². The minimum absolute atomic E-state index is 0.219. The fourth-order valence-electron chi connectivity index (χ4n) is 2.89. The minimum Gasteiger partial charge on any atom is -0.369 e. The van der Waals surface area contributed by atoms with Crippen molar-refractivity contribution in [3.63, 3.8) is 0 Å². The molecule has 0 saturated carbocycles. The molecular weight excluding hydrogens is 250 g/mol. The van der Waals surface area contributed by atoms with E-state index < -0.39 is 0 Å². The summed E-state index contributed by atoms with van der Waals surface area (Å²) in [6.45, 7) is 3.42. The maximum Gasteiger partial charge on any atom is 0.231 e. The zero-order chi connectivity index (χ0) is 14.2. The van der Waals surface area contributed by atoms with Gasteiger partial charge in [-0.25, -0.2) is 0 Å². The topological polar surface area (TPSA) is 58.4 Å². The second kappa shape index (κ2) is 8.02. The summed E-state index contributed by atoms with van der Waals surface area (Å²) in [5, 5.41) is 3.36. The number of aryl methyl sites for hydroxylation is 1. The van der Waals surface area contributed by atoms with Gasteiger partial charge in [-0.15, -0.1) is 0 Å². The van der Waals surface area contributed by atoms with Crippen LogP contribution in [0.3, 0.4) is 0 Å². The van der Waals surface area contributed by atoms with Crippen LogP contribution in [0.1, 0.15) is 24.8 Å². The van der Waals surface area contributed by atoms with Gasteiger partial charge in [-0.3, -0.25) is 9.69 Å². The molecule has 1 aromatic carbocycles. The van der Waals surface area contributed by atoms with Crippen molar-refractivity contribution in [3.05, 3.63) is 35.9 Å². The van der Waals surface area contributed by atoms with Gasteiger partial charge in [-0.05, 0) is 50.9 Å². The Morgan fingerprint density at radius 3 is 2.60 bits per heavy atom. The Kier molecular flexibility index (Phi) is 6.02. The predicted molar refractivity (Wildman–Crippen MR) is 81.4 cm³/mol. The van der Waals surface area contributed by atoms with E-state index in [2.05, 4.69) is 34.5 Å². The molecule has 0 unspecified atom stereocenters. The SMILES string of the molecule is NC(=O)CN(CCCc1ccccc1)C1CCNCC1. The van der Waals surface area contributed by atoms with Gasteiger partial charge in [0.15, 0.2) is 0 Å². The summed E-state index contributed by atoms with van der Waals surface area (Å²) in [7, 11) is 0. The maximum absolute atomic E-state index is 11.3. The number of piperidine rings is 1. The fourth-order valence-corrected chi connectivity index (χ4v) is 2.89. The fraction of sp³-hybridized carbons (Fsp3) is 0.562. The third-order valence-electron chi connectivity index (χ3n) is 3.94. The van der Waals surface area contributed by atoms with E-state index in [1.807, 2.05) is 6.07 Å². The third kappa shape index (κ3) is 4.94. The molecular formula is C16H25N3O. The second-order valence-electron chi connectivity index (χ2n) is 5.51. The number of carbonyl (C=O) groups excluding carboxylic acids is 1. The third-order valence-corrected chi connectivity index (χ3v) is 3.94. The Morgan fingerprint density at radius 1 is 1.25 bits per heavy atom. The quantitative estimate of drug-likeness (QED) is 0.785. The van der Waals surface area contributed by atoms with E-state index >= 15 is 0 Å². The average Bonchev–Trinajstić information content (AvgIpc) is 2.48. The molecule has 0 spiro atoms. The zero-order valence-electron chi connectivity index (χ0n) is 12.1. The molecule has 1 fully saturated rings. The molecule has 20 heavy (non-hydrogen) atoms. The lowest BCUT2D eigenvalue weighted by Gasteiger charge is -2.33. The number of nitrogens with two attached hydrogens (primary N) is 1. The Morgan fingerprint density at radius 2 is 1.95 bits per heavy atom. The van der Waals surface area contributed by atoms with Gasteiger partial charge in [0.25, 0.3) is 0 Å². The summed E-state index contributed by atoms with van der Waals surface area (Å²) >= 11 is 0. The first-order valence-electron chi connectivity index (χ1n) is 7.52. The first-order valence-corrected chi connectivity index (χ1v) is 7.52. The summed E-state index contributed by atoms with van der Waals surface area (Å²) in [4.78, 5) is 13.5. The molecule has 1 aliphatic rings. The Bertz CT molecular complexity index is 401. The second-order valence-corrected chi connectivity index (χ2v) is 5.51. The number of primary amides is 1. The highest BCUT2D eigenvalue weighted by Crippen LogP contribution is 2.13. The lowest BCUT2D eigenvalue weighted by molar-refractivity contribution is -0.119. The van der Waals surface area contributed by atoms with Gasteiger partial charge in [-0.1, -0.05) is 30.3 Å². The van der Waals surface area contributed by atoms with Crippen LogP contribution in [0, 0.1) is 0 Å². The van der Waals surface area contributed by atoms with E-state index in [0.29, 0.717) is 12.6 Å². The van der Waals surface area contributed by atoms with Crippen LogP contribution in [0.15, 0.2) is 30.3 Å². The van der Waals surface area contributed by atoms with E-state index in [1.54, 1.807) is 0 Å². The molecule has 0 aliphatic carbocycles. The molecule has 1 amide bonds. The van der Waals surface area contributed by atoms with Crippen LogP contribution in [0.2, 0.25) is 0 Å². The van der Waals surface area contributed by atoms with Crippen molar-refractivity contribution in [3.8, 4) is 0 Å². The molecule has 0 radical (unpaired) electrons. The first-order chi connectivity index (χ1) is 9.75. The van der Waals surface area contributed by atoms with E-state index in [-0.39, 0.29) is 5.91 Å². The smallest absolute Gasteiger partial charge is 0.231 e. The molecule has 2 rings (SSSR count). The number of rotatable bonds is 7. The highest BCUT2D eigenvalue weighted by atomic mass is 16.1. The van der Waals surface area contributed by atoms with Crippen molar-refractivity contribution in [1.82, 2.24) is 10.2 Å². The maximum atomic E-state index is 11.3. The largest absolute Gasteiger partial charge is 0.369 e. The van der Waals surface area contributed by atoms with E-state index in [0.717, 1.165) is 45.3 Å². The van der Waals surface area contributed by atoms with Crippen molar-refractivity contribution >= 4 is 5.91 Å². The minimum atomic E-state index is -0.219. The lowest BCUT2D eigenvalue weighted by atomic mass is 10.0. The van der Waals surface area contributed by atoms with Crippen molar-refractivity contribution in [2.45, 2.75) is 31.7 Å². The van der Waals surface area contributed by atoms with E-state index in [9.17, 15) is 4.79 Å². The number of benzene rings is 1. The van der Waals surface area contributed by atoms with E-state index in [1.165, 1.54) is 5.56 Å². The average molecular weight is 275 g/mol. The number of amides is 1. The van der Waals surface area contributed by atoms with Gasteiger partial charge >= 0.3 is 0 Å². The molecule has 3 N–H and O–H groups in total. The molecule has 0 aromatic heterocycles. The normalized spacial score (nSPS) is 16.4. The van der Waals surface area contributed by atoms with Crippen LogP contribution in [-0.4, -0.2) is 43.0 Å². The molecule has 1 heterocycles. The molecule has 1 aliphatic heterocycles. The van der Waals surface area contributed by atoms with Crippen molar-refractivity contribution in [2.24, 2.45) is 5.73 Å². The molecule has 4 nitrogen and oxygen atoms in total. The number of nitrogens with one attached hydrogen (secondary N) is 1. The number of hydrogen-bond donors (Lipinski definition) is 2. The van der Waals surface area contributed by atoms with Gasteiger partial charge in [0.2, 0.25) is 5.91 Å². The monoisotopic (exact) mass is 275 g/mol. The summed E-state index contributed by atoms with van der Waals surface area (Å²) in [6.07, 6.45) is 4.35. The summed E-state index contributed by atoms with van der Waals surface area (Å²) in [5.41, 5.74) is 6.74. The number of carbonyl (C=O) groups is 1. The van der Waals surface area contributed by atoms with Crippen LogP contribution in [0.5, 0.6) is 0 Å². The molecule has 110 valence electrons. The van der Waals surface area contributed by atoms with Gasteiger partial charge in [0.05, 0.1) is 6.54 Å². The summed E-state index contributed by atoms with van der Waals surface area (Å²) in [5.74, 6) is -0.219. The van der Waals surface area contributed by atoms with Crippen LogP contribution < -0.4 is 11.1 Å². The Balaban J connectivity index is 1.82. The standard InChI is InChI=1S/C16H25N3O/c17-16(20)13-19(15-8-10-18-11-9-15)12-4-7-14-5-2-1-3-6-14/h1-3,5-6,15,18H,4,7-13H2,(H2,17,20). The van der Waals surface area contributed by atoms with Gasteiger partial charge in [0, 0.05) is 6.04 Å². The van der Waals surface area contributed by atoms with Crippen LogP contribution >= 0.6 is 0 Å². The van der Waals surface area contributed by atoms with Crippen molar-refractivity contribution in [2.75, 3.05) is 26.2 Å². The predicted octanol–water partition coefficient (Wildman–Crippen LogP) is 1.16. The zero-order valence-corrected chi connectivity index (χ0v) is 12.1. The Labute approximate surface area is 121 Å². The van der Waals surface area contributed by atoms with Crippen LogP contribution in [0.4, 0.5) is 0 Å². The summed E-state index contributed by atoms with van der Waals surface area (Å²) < 4.78 is 0. The van der Waals surface area contributed by atoms with Gasteiger partial charge in [-0.2, -0.15) is 0 Å². The molecule has 1 saturated heterocycles. The first kappa shape index (κ1) is 15.0. The van der Waals surface area contributed by atoms with Gasteiger partial charge in [0.1, 0.15) is 0 Å². The van der Waals surface area contributed by atoms with Crippen molar-refractivity contribution < 1.29 is 4.79 Å². The molecule has 1 aromatic rings. The number of hydrogen-bond acceptors (Lipinski definition) is 3. The molecule has 0 bridgehead atoms. The van der Waals surface area contributed by atoms with E-state index in [4.69, 9.17) is 5.73 Å². The van der Waals surface area contributed by atoms with Crippen molar-refractivity contribution in [1.29, 1.82) is 0 Å². The highest BCUT2D eigenvalue weighted by molar-refractivity contribution is 5.75. The molecule has 0 atom stereocenters.